The van der Waals surface area contributed by atoms with Crippen molar-refractivity contribution in [3.8, 4) is 0 Å². The number of hydrogen-bond acceptors (Lipinski definition) is 2. The van der Waals surface area contributed by atoms with Crippen LogP contribution in [0.25, 0.3) is 0 Å². The molecule has 19 heavy (non-hydrogen) atoms. The Balaban J connectivity index is 1.80. The lowest BCUT2D eigenvalue weighted by atomic mass is 9.97. The van der Waals surface area contributed by atoms with Crippen LogP contribution in [0.4, 0.5) is 4.39 Å². The van der Waals surface area contributed by atoms with Gasteiger partial charge in [0.15, 0.2) is 0 Å². The number of carbonyl (C=O) groups is 1. The highest BCUT2D eigenvalue weighted by Gasteiger charge is 2.26. The molecule has 0 aromatic heterocycles. The average Bonchev–Trinajstić information content (AvgIpc) is 2.86. The number of nitrogens with one attached hydrogen (secondary N) is 1. The molecule has 0 saturated heterocycles. The van der Waals surface area contributed by atoms with Gasteiger partial charge in [0.05, 0.1) is 6.42 Å². The van der Waals surface area contributed by atoms with Crippen molar-refractivity contribution in [3.63, 3.8) is 0 Å². The zero-order valence-corrected chi connectivity index (χ0v) is 10.9. The Morgan fingerprint density at radius 2 is 2.05 bits per heavy atom. The van der Waals surface area contributed by atoms with Gasteiger partial charge in [0, 0.05) is 13.2 Å². The summed E-state index contributed by atoms with van der Waals surface area (Å²) in [6, 6.07) is 6.33. The van der Waals surface area contributed by atoms with Gasteiger partial charge in [-0.25, -0.2) is 4.39 Å². The van der Waals surface area contributed by atoms with Gasteiger partial charge in [0.1, 0.15) is 5.82 Å². The van der Waals surface area contributed by atoms with Gasteiger partial charge in [-0.2, -0.15) is 0 Å². The molecule has 1 fully saturated rings. The summed E-state index contributed by atoms with van der Waals surface area (Å²) < 4.78 is 13.4. The Morgan fingerprint density at radius 3 is 2.79 bits per heavy atom. The van der Waals surface area contributed by atoms with Gasteiger partial charge in [-0.3, -0.25) is 4.79 Å². The van der Waals surface area contributed by atoms with E-state index in [1.807, 2.05) is 0 Å². The summed E-state index contributed by atoms with van der Waals surface area (Å²) in [5.74, 6) is 0.156. The number of rotatable bonds is 5. The third-order valence-electron chi connectivity index (χ3n) is 3.92. The second-order valence-corrected chi connectivity index (χ2v) is 5.21. The zero-order chi connectivity index (χ0) is 13.7. The monoisotopic (exact) mass is 265 g/mol. The van der Waals surface area contributed by atoms with Crippen LogP contribution in [0.3, 0.4) is 0 Å². The molecule has 4 heteroatoms. The first-order valence-electron chi connectivity index (χ1n) is 6.81. The fraction of sp³-hybridized carbons (Fsp3) is 0.533. The van der Waals surface area contributed by atoms with Gasteiger partial charge in [-0.1, -0.05) is 24.6 Å². The van der Waals surface area contributed by atoms with Crippen LogP contribution in [-0.4, -0.2) is 24.2 Å². The molecule has 0 heterocycles. The molecule has 2 rings (SSSR count). The number of amides is 1. The molecule has 2 N–H and O–H groups in total. The van der Waals surface area contributed by atoms with Crippen LogP contribution in [0.15, 0.2) is 24.3 Å². The number of carbonyl (C=O) groups excluding carboxylic acids is 1. The minimum atomic E-state index is -0.341. The third kappa shape index (κ3) is 3.77. The summed E-state index contributed by atoms with van der Waals surface area (Å²) in [6.45, 7) is 0.770. The molecule has 2 atom stereocenters. The molecule has 3 nitrogen and oxygen atoms in total. The highest BCUT2D eigenvalue weighted by molar-refractivity contribution is 5.78. The third-order valence-corrected chi connectivity index (χ3v) is 3.92. The van der Waals surface area contributed by atoms with E-state index in [1.165, 1.54) is 6.07 Å². The van der Waals surface area contributed by atoms with E-state index in [0.29, 0.717) is 23.9 Å². The molecular formula is C15H20FNO2. The molecule has 2 unspecified atom stereocenters. The van der Waals surface area contributed by atoms with Crippen molar-refractivity contribution in [1.82, 2.24) is 5.32 Å². The lowest BCUT2D eigenvalue weighted by molar-refractivity contribution is -0.120. The highest BCUT2D eigenvalue weighted by Crippen LogP contribution is 2.30. The van der Waals surface area contributed by atoms with E-state index >= 15 is 0 Å². The molecule has 1 aliphatic rings. The summed E-state index contributed by atoms with van der Waals surface area (Å²) in [6.07, 6.45) is 3.26. The molecule has 104 valence electrons. The van der Waals surface area contributed by atoms with Crippen molar-refractivity contribution >= 4 is 5.91 Å². The van der Waals surface area contributed by atoms with Gasteiger partial charge in [-0.05, 0) is 36.3 Å². The van der Waals surface area contributed by atoms with E-state index in [0.717, 1.165) is 19.3 Å². The first-order chi connectivity index (χ1) is 9.20. The smallest absolute Gasteiger partial charge is 0.224 e. The Bertz CT molecular complexity index is 436. The minimum absolute atomic E-state index is 0.0726. The minimum Gasteiger partial charge on any atom is -0.396 e. The molecule has 1 aliphatic carbocycles. The average molecular weight is 265 g/mol. The van der Waals surface area contributed by atoms with Crippen LogP contribution in [0.1, 0.15) is 24.8 Å². The number of aliphatic hydroxyl groups is 1. The molecule has 1 amide bonds. The summed E-state index contributed by atoms with van der Waals surface area (Å²) in [4.78, 5) is 11.8. The van der Waals surface area contributed by atoms with Crippen LogP contribution < -0.4 is 5.32 Å². The lowest BCUT2D eigenvalue weighted by Gasteiger charge is -2.17. The molecule has 1 saturated carbocycles. The molecule has 0 aliphatic heterocycles. The molecule has 0 spiro atoms. The Kier molecular flexibility index (Phi) is 4.91. The Labute approximate surface area is 112 Å². The standard InChI is InChI=1S/C15H20FNO2/c16-14-7-2-1-4-11(14)8-15(19)17-9-12-5-3-6-13(12)10-18/h1-2,4,7,12-13,18H,3,5-6,8-10H2,(H,17,19). The van der Waals surface area contributed by atoms with Crippen LogP contribution in [0, 0.1) is 17.7 Å². The normalized spacial score (nSPS) is 22.4. The lowest BCUT2D eigenvalue weighted by Crippen LogP contribution is -2.32. The second-order valence-electron chi connectivity index (χ2n) is 5.21. The number of hydrogen-bond donors (Lipinski definition) is 2. The number of benzene rings is 1. The first kappa shape index (κ1) is 14.0. The molecule has 1 aromatic rings. The van der Waals surface area contributed by atoms with E-state index in [2.05, 4.69) is 5.32 Å². The Morgan fingerprint density at radius 1 is 1.32 bits per heavy atom. The summed E-state index contributed by atoms with van der Waals surface area (Å²) in [5, 5.41) is 12.1. The van der Waals surface area contributed by atoms with E-state index < -0.39 is 0 Å². The van der Waals surface area contributed by atoms with Crippen molar-refractivity contribution in [2.24, 2.45) is 11.8 Å². The molecule has 0 bridgehead atoms. The Hall–Kier alpha value is -1.42. The van der Waals surface area contributed by atoms with Crippen molar-refractivity contribution in [2.75, 3.05) is 13.2 Å². The van der Waals surface area contributed by atoms with Crippen molar-refractivity contribution < 1.29 is 14.3 Å². The fourth-order valence-electron chi connectivity index (χ4n) is 2.74. The highest BCUT2D eigenvalue weighted by atomic mass is 19.1. The maximum absolute atomic E-state index is 13.4. The topological polar surface area (TPSA) is 49.3 Å². The van der Waals surface area contributed by atoms with Crippen LogP contribution >= 0.6 is 0 Å². The number of halogens is 1. The van der Waals surface area contributed by atoms with Crippen LogP contribution in [0.5, 0.6) is 0 Å². The van der Waals surface area contributed by atoms with E-state index in [9.17, 15) is 14.3 Å². The maximum Gasteiger partial charge on any atom is 0.224 e. The van der Waals surface area contributed by atoms with Gasteiger partial charge < -0.3 is 10.4 Å². The molecule has 0 radical (unpaired) electrons. The van der Waals surface area contributed by atoms with E-state index in [-0.39, 0.29) is 24.8 Å². The van der Waals surface area contributed by atoms with Crippen molar-refractivity contribution in [1.29, 1.82) is 0 Å². The van der Waals surface area contributed by atoms with Gasteiger partial charge in [0.2, 0.25) is 5.91 Å². The molecular weight excluding hydrogens is 245 g/mol. The van der Waals surface area contributed by atoms with Crippen LogP contribution in [0.2, 0.25) is 0 Å². The van der Waals surface area contributed by atoms with E-state index in [4.69, 9.17) is 0 Å². The van der Waals surface area contributed by atoms with Crippen LogP contribution in [-0.2, 0) is 11.2 Å². The number of aliphatic hydroxyl groups excluding tert-OH is 1. The maximum atomic E-state index is 13.4. The van der Waals surface area contributed by atoms with Gasteiger partial charge >= 0.3 is 0 Å². The molecule has 1 aromatic carbocycles. The predicted octanol–water partition coefficient (Wildman–Crippen LogP) is 1.89. The SMILES string of the molecule is O=C(Cc1ccccc1F)NCC1CCCC1CO. The summed E-state index contributed by atoms with van der Waals surface area (Å²) >= 11 is 0. The summed E-state index contributed by atoms with van der Waals surface area (Å²) in [5.41, 5.74) is 0.421. The van der Waals surface area contributed by atoms with Gasteiger partial charge in [-0.15, -0.1) is 0 Å². The quantitative estimate of drug-likeness (QED) is 0.854. The van der Waals surface area contributed by atoms with Crippen molar-refractivity contribution in [3.05, 3.63) is 35.6 Å². The van der Waals surface area contributed by atoms with Crippen molar-refractivity contribution in [2.45, 2.75) is 25.7 Å². The first-order valence-corrected chi connectivity index (χ1v) is 6.81. The second kappa shape index (κ2) is 6.66. The largest absolute Gasteiger partial charge is 0.396 e. The fourth-order valence-corrected chi connectivity index (χ4v) is 2.74. The van der Waals surface area contributed by atoms with Gasteiger partial charge in [0.25, 0.3) is 0 Å². The summed E-state index contributed by atoms with van der Waals surface area (Å²) in [7, 11) is 0. The van der Waals surface area contributed by atoms with E-state index in [1.54, 1.807) is 18.2 Å². The zero-order valence-electron chi connectivity index (χ0n) is 10.9. The predicted molar refractivity (Wildman–Crippen MR) is 71.0 cm³/mol.